The second-order valence-electron chi connectivity index (χ2n) is 5.95. The van der Waals surface area contributed by atoms with E-state index in [9.17, 15) is 19.6 Å². The molecule has 1 saturated heterocycles. The Morgan fingerprint density at radius 2 is 2.12 bits per heavy atom. The zero-order chi connectivity index (χ0) is 17.6. The van der Waals surface area contributed by atoms with Gasteiger partial charge in [-0.15, -0.1) is 11.8 Å². The van der Waals surface area contributed by atoms with E-state index in [0.717, 1.165) is 0 Å². The largest absolute Gasteiger partial charge is 0.464 e. The molecule has 2 atom stereocenters. The highest BCUT2D eigenvalue weighted by Gasteiger charge is 2.53. The van der Waals surface area contributed by atoms with Crippen LogP contribution < -0.4 is 0 Å². The van der Waals surface area contributed by atoms with Gasteiger partial charge in [-0.25, -0.2) is 4.39 Å². The normalized spacial score (nSPS) is 25.9. The number of aliphatic hydroxyl groups is 1. The van der Waals surface area contributed by atoms with Crippen molar-refractivity contribution in [2.45, 2.75) is 18.1 Å². The Morgan fingerprint density at radius 1 is 1.36 bits per heavy atom. The summed E-state index contributed by atoms with van der Waals surface area (Å²) in [5, 5.41) is 21.1. The van der Waals surface area contributed by atoms with Gasteiger partial charge >= 0.3 is 0 Å². The molecule has 25 heavy (non-hydrogen) atoms. The van der Waals surface area contributed by atoms with E-state index in [4.69, 9.17) is 4.42 Å². The monoisotopic (exact) mass is 356 g/mol. The minimum absolute atomic E-state index is 0.0294. The van der Waals surface area contributed by atoms with Gasteiger partial charge in [-0.2, -0.15) is 5.26 Å². The molecule has 1 amide bonds. The molecule has 1 aromatic heterocycles. The molecule has 0 spiro atoms. The summed E-state index contributed by atoms with van der Waals surface area (Å²) in [4.78, 5) is 14.1. The van der Waals surface area contributed by atoms with Crippen molar-refractivity contribution in [3.63, 3.8) is 0 Å². The number of rotatable bonds is 2. The standard InChI is InChI=1S/C18H13FN2O3S/c19-12-5-3-11(4-6-12)13-8-16(22)21-17(14(13)9-20)25-10-18(21,23)15-2-1-7-24-15/h1-7,13,23H,8,10H2. The number of fused-ring (bicyclic) bond motifs is 1. The summed E-state index contributed by atoms with van der Waals surface area (Å²) in [5.41, 5.74) is -0.498. The maximum atomic E-state index is 13.2. The van der Waals surface area contributed by atoms with Gasteiger partial charge < -0.3 is 9.52 Å². The Bertz CT molecular complexity index is 901. The van der Waals surface area contributed by atoms with Gasteiger partial charge in [0.15, 0.2) is 5.76 Å². The summed E-state index contributed by atoms with van der Waals surface area (Å²) in [7, 11) is 0. The Morgan fingerprint density at radius 3 is 2.76 bits per heavy atom. The minimum atomic E-state index is -1.60. The summed E-state index contributed by atoms with van der Waals surface area (Å²) in [6.45, 7) is 0. The van der Waals surface area contributed by atoms with Gasteiger partial charge in [0.25, 0.3) is 0 Å². The van der Waals surface area contributed by atoms with E-state index < -0.39 is 11.6 Å². The van der Waals surface area contributed by atoms with Gasteiger partial charge in [0, 0.05) is 12.3 Å². The Labute approximate surface area is 147 Å². The number of amides is 1. The van der Waals surface area contributed by atoms with Crippen molar-refractivity contribution in [2.75, 3.05) is 5.75 Å². The second-order valence-corrected chi connectivity index (χ2v) is 6.91. The molecule has 2 aliphatic rings. The van der Waals surface area contributed by atoms with Crippen molar-refractivity contribution >= 4 is 17.7 Å². The van der Waals surface area contributed by atoms with Crippen LogP contribution in [0, 0.1) is 17.1 Å². The van der Waals surface area contributed by atoms with Gasteiger partial charge in [0.2, 0.25) is 11.6 Å². The highest BCUT2D eigenvalue weighted by atomic mass is 32.2. The Kier molecular flexibility index (Phi) is 3.67. The van der Waals surface area contributed by atoms with Gasteiger partial charge in [0.1, 0.15) is 5.82 Å². The number of carbonyl (C=O) groups excluding carboxylic acids is 1. The van der Waals surface area contributed by atoms with E-state index in [1.54, 1.807) is 24.3 Å². The summed E-state index contributed by atoms with van der Waals surface area (Å²) >= 11 is 1.25. The lowest BCUT2D eigenvalue weighted by Gasteiger charge is -2.36. The molecule has 1 N–H and O–H groups in total. The maximum Gasteiger partial charge on any atom is 0.231 e. The average Bonchev–Trinajstić information content (AvgIpc) is 3.25. The van der Waals surface area contributed by atoms with Crippen LogP contribution >= 0.6 is 11.8 Å². The third-order valence-electron chi connectivity index (χ3n) is 4.50. The number of hydrogen-bond acceptors (Lipinski definition) is 5. The molecule has 4 rings (SSSR count). The predicted octanol–water partition coefficient (Wildman–Crippen LogP) is 3.06. The first-order valence-corrected chi connectivity index (χ1v) is 8.65. The van der Waals surface area contributed by atoms with E-state index in [1.807, 2.05) is 0 Å². The lowest BCUT2D eigenvalue weighted by Crippen LogP contribution is -2.48. The first-order valence-electron chi connectivity index (χ1n) is 7.66. The third-order valence-corrected chi connectivity index (χ3v) is 5.72. The zero-order valence-electron chi connectivity index (χ0n) is 13.0. The number of hydrogen-bond donors (Lipinski definition) is 1. The first kappa shape index (κ1) is 15.9. The number of carbonyl (C=O) groups is 1. The van der Waals surface area contributed by atoms with Crippen molar-refractivity contribution in [1.29, 1.82) is 5.26 Å². The molecule has 0 saturated carbocycles. The van der Waals surface area contributed by atoms with Crippen molar-refractivity contribution in [3.8, 4) is 6.07 Å². The van der Waals surface area contributed by atoms with Crippen LogP contribution in [0.4, 0.5) is 4.39 Å². The smallest absolute Gasteiger partial charge is 0.231 e. The van der Waals surface area contributed by atoms with Crippen LogP contribution in [0.25, 0.3) is 0 Å². The number of allylic oxidation sites excluding steroid dienone is 1. The average molecular weight is 356 g/mol. The van der Waals surface area contributed by atoms with Crippen molar-refractivity contribution < 1.29 is 18.7 Å². The van der Waals surface area contributed by atoms with Crippen molar-refractivity contribution in [3.05, 3.63) is 70.4 Å². The molecule has 5 nitrogen and oxygen atoms in total. The lowest BCUT2D eigenvalue weighted by molar-refractivity contribution is -0.152. The predicted molar refractivity (Wildman–Crippen MR) is 88.3 cm³/mol. The molecular formula is C18H13FN2O3S. The summed E-state index contributed by atoms with van der Waals surface area (Å²) in [6, 6.07) is 11.2. The highest BCUT2D eigenvalue weighted by molar-refractivity contribution is 8.03. The molecule has 3 heterocycles. The number of benzene rings is 1. The first-order chi connectivity index (χ1) is 12.0. The molecule has 7 heteroatoms. The molecule has 126 valence electrons. The number of nitrogens with zero attached hydrogens (tertiary/aromatic N) is 2. The number of thioether (sulfide) groups is 1. The molecule has 0 bridgehead atoms. The van der Waals surface area contributed by atoms with Gasteiger partial charge in [-0.05, 0) is 29.8 Å². The van der Waals surface area contributed by atoms with E-state index in [1.165, 1.54) is 35.1 Å². The highest BCUT2D eigenvalue weighted by Crippen LogP contribution is 2.51. The molecule has 0 radical (unpaired) electrons. The number of halogens is 1. The molecule has 1 fully saturated rings. The zero-order valence-corrected chi connectivity index (χ0v) is 13.8. The van der Waals surface area contributed by atoms with Crippen LogP contribution in [0.15, 0.2) is 57.7 Å². The summed E-state index contributed by atoms with van der Waals surface area (Å²) < 4.78 is 18.5. The molecule has 2 aliphatic heterocycles. The van der Waals surface area contributed by atoms with Crippen LogP contribution in [0.1, 0.15) is 23.7 Å². The lowest BCUT2D eigenvalue weighted by atomic mass is 9.86. The van der Waals surface area contributed by atoms with E-state index in [2.05, 4.69) is 6.07 Å². The SMILES string of the molecule is N#CC1=C2SCC(O)(c3ccco3)N2C(=O)CC1c1ccc(F)cc1. The fraction of sp³-hybridized carbons (Fsp3) is 0.222. The quantitative estimate of drug-likeness (QED) is 0.895. The minimum Gasteiger partial charge on any atom is -0.464 e. The Balaban J connectivity index is 1.81. The fourth-order valence-corrected chi connectivity index (χ4v) is 4.63. The Hall–Kier alpha value is -2.56. The summed E-state index contributed by atoms with van der Waals surface area (Å²) in [5.74, 6) is -0.673. The van der Waals surface area contributed by atoms with Crippen molar-refractivity contribution in [1.82, 2.24) is 4.90 Å². The fourth-order valence-electron chi connectivity index (χ4n) is 3.29. The molecular weight excluding hydrogens is 343 g/mol. The number of nitriles is 1. The molecule has 0 aliphatic carbocycles. The van der Waals surface area contributed by atoms with Gasteiger partial charge in [0.05, 0.1) is 28.7 Å². The van der Waals surface area contributed by atoms with Crippen LogP contribution in [0.5, 0.6) is 0 Å². The topological polar surface area (TPSA) is 77.5 Å². The number of furan rings is 1. The van der Waals surface area contributed by atoms with Gasteiger partial charge in [-0.1, -0.05) is 12.1 Å². The maximum absolute atomic E-state index is 13.2. The second kappa shape index (κ2) is 5.76. The van der Waals surface area contributed by atoms with Crippen LogP contribution in [-0.4, -0.2) is 21.7 Å². The molecule has 1 aromatic carbocycles. The van der Waals surface area contributed by atoms with E-state index in [0.29, 0.717) is 16.2 Å². The summed E-state index contributed by atoms with van der Waals surface area (Å²) in [6.07, 6.45) is 1.46. The van der Waals surface area contributed by atoms with Crippen molar-refractivity contribution in [2.24, 2.45) is 0 Å². The van der Waals surface area contributed by atoms with E-state index >= 15 is 0 Å². The van der Waals surface area contributed by atoms with E-state index in [-0.39, 0.29) is 29.7 Å². The third kappa shape index (κ3) is 2.37. The van der Waals surface area contributed by atoms with Gasteiger partial charge in [-0.3, -0.25) is 9.69 Å². The molecule has 2 aromatic rings. The van der Waals surface area contributed by atoms with Crippen LogP contribution in [0.2, 0.25) is 0 Å². The van der Waals surface area contributed by atoms with Crippen LogP contribution in [0.3, 0.4) is 0 Å². The van der Waals surface area contributed by atoms with Crippen LogP contribution in [-0.2, 0) is 10.5 Å². The molecule has 2 unspecified atom stereocenters.